The van der Waals surface area contributed by atoms with Crippen molar-refractivity contribution in [3.05, 3.63) is 35.4 Å². The number of fused-ring (bicyclic) bond motifs is 1. The second-order valence-corrected chi connectivity index (χ2v) is 4.44. The second kappa shape index (κ2) is 3.65. The topological polar surface area (TPSA) is 53.1 Å². The zero-order chi connectivity index (χ0) is 10.9. The van der Waals surface area contributed by atoms with Crippen LogP contribution in [-0.4, -0.2) is 17.0 Å². The van der Waals surface area contributed by atoms with Crippen LogP contribution in [-0.2, 0) is 13.1 Å². The Morgan fingerprint density at radius 2 is 1.93 bits per heavy atom. The van der Waals surface area contributed by atoms with E-state index in [1.54, 1.807) is 6.92 Å². The van der Waals surface area contributed by atoms with E-state index in [0.717, 1.165) is 13.1 Å². The third-order valence-electron chi connectivity index (χ3n) is 2.71. The predicted octanol–water partition coefficient (Wildman–Crippen LogP) is 1.24. The van der Waals surface area contributed by atoms with Gasteiger partial charge < -0.3 is 5.73 Å². The molecule has 1 atom stereocenters. The molecule has 0 aromatic heterocycles. The Hall–Kier alpha value is -1.37. The summed E-state index contributed by atoms with van der Waals surface area (Å²) in [5.41, 5.74) is 7.79. The van der Waals surface area contributed by atoms with Gasteiger partial charge in [-0.05, 0) is 18.1 Å². The van der Waals surface area contributed by atoms with Crippen molar-refractivity contribution in [1.82, 2.24) is 4.90 Å². The van der Waals surface area contributed by atoms with Gasteiger partial charge >= 0.3 is 0 Å². The standard InChI is InChI=1S/C12H15N3/c1-12(14,8-13)9-15-6-10-4-2-3-5-11(10)7-15/h2-5H,6-7,9,14H2,1H3. The van der Waals surface area contributed by atoms with Crippen molar-refractivity contribution in [2.24, 2.45) is 5.73 Å². The summed E-state index contributed by atoms with van der Waals surface area (Å²) in [4.78, 5) is 2.22. The van der Waals surface area contributed by atoms with Gasteiger partial charge in [-0.1, -0.05) is 24.3 Å². The maximum Gasteiger partial charge on any atom is 0.114 e. The fraction of sp³-hybridized carbons (Fsp3) is 0.417. The molecule has 1 aromatic carbocycles. The Balaban J connectivity index is 2.06. The van der Waals surface area contributed by atoms with Crippen LogP contribution in [0.3, 0.4) is 0 Å². The molecule has 0 spiro atoms. The Morgan fingerprint density at radius 1 is 1.40 bits per heavy atom. The van der Waals surface area contributed by atoms with Crippen LogP contribution in [0.4, 0.5) is 0 Å². The first-order valence-corrected chi connectivity index (χ1v) is 5.10. The molecule has 3 nitrogen and oxygen atoms in total. The van der Waals surface area contributed by atoms with Crippen molar-refractivity contribution in [3.8, 4) is 6.07 Å². The minimum absolute atomic E-state index is 0.623. The second-order valence-electron chi connectivity index (χ2n) is 4.44. The van der Waals surface area contributed by atoms with E-state index in [2.05, 4.69) is 23.1 Å². The summed E-state index contributed by atoms with van der Waals surface area (Å²) in [6.07, 6.45) is 0. The Kier molecular flexibility index (Phi) is 2.47. The lowest BCUT2D eigenvalue weighted by Gasteiger charge is -2.23. The van der Waals surface area contributed by atoms with Crippen LogP contribution in [0.2, 0.25) is 0 Å². The van der Waals surface area contributed by atoms with Gasteiger partial charge in [0.15, 0.2) is 0 Å². The summed E-state index contributed by atoms with van der Waals surface area (Å²) in [6, 6.07) is 10.5. The van der Waals surface area contributed by atoms with Gasteiger partial charge in [-0.25, -0.2) is 0 Å². The minimum atomic E-state index is -0.748. The molecule has 0 saturated heterocycles. The highest BCUT2D eigenvalue weighted by Crippen LogP contribution is 2.23. The highest BCUT2D eigenvalue weighted by molar-refractivity contribution is 5.30. The van der Waals surface area contributed by atoms with E-state index in [-0.39, 0.29) is 0 Å². The summed E-state index contributed by atoms with van der Waals surface area (Å²) >= 11 is 0. The monoisotopic (exact) mass is 201 g/mol. The average molecular weight is 201 g/mol. The van der Waals surface area contributed by atoms with Crippen LogP contribution < -0.4 is 5.73 Å². The normalized spacial score (nSPS) is 19.3. The van der Waals surface area contributed by atoms with Gasteiger partial charge in [0.2, 0.25) is 0 Å². The molecule has 0 bridgehead atoms. The number of benzene rings is 1. The van der Waals surface area contributed by atoms with Gasteiger partial charge in [0.05, 0.1) is 6.07 Å². The number of nitrogens with two attached hydrogens (primary N) is 1. The number of hydrogen-bond donors (Lipinski definition) is 1. The van der Waals surface area contributed by atoms with Crippen molar-refractivity contribution >= 4 is 0 Å². The highest BCUT2D eigenvalue weighted by Gasteiger charge is 2.26. The first-order valence-electron chi connectivity index (χ1n) is 5.10. The smallest absolute Gasteiger partial charge is 0.114 e. The van der Waals surface area contributed by atoms with Crippen LogP contribution in [0.15, 0.2) is 24.3 Å². The maximum absolute atomic E-state index is 8.87. The van der Waals surface area contributed by atoms with Crippen molar-refractivity contribution in [2.75, 3.05) is 6.54 Å². The molecule has 0 amide bonds. The molecular formula is C12H15N3. The number of nitriles is 1. The lowest BCUT2D eigenvalue weighted by molar-refractivity contribution is 0.247. The minimum Gasteiger partial charge on any atom is -0.313 e. The Labute approximate surface area is 90.1 Å². The summed E-state index contributed by atoms with van der Waals surface area (Å²) in [5, 5.41) is 8.87. The highest BCUT2D eigenvalue weighted by atomic mass is 15.2. The third kappa shape index (κ3) is 2.17. The molecule has 3 heteroatoms. The molecule has 1 heterocycles. The fourth-order valence-electron chi connectivity index (χ4n) is 2.02. The summed E-state index contributed by atoms with van der Waals surface area (Å²) in [6.45, 7) is 4.21. The van der Waals surface area contributed by atoms with E-state index in [9.17, 15) is 0 Å². The molecule has 1 aromatic rings. The first-order chi connectivity index (χ1) is 7.11. The molecule has 1 unspecified atom stereocenters. The lowest BCUT2D eigenvalue weighted by atomic mass is 10.1. The molecule has 15 heavy (non-hydrogen) atoms. The van der Waals surface area contributed by atoms with E-state index >= 15 is 0 Å². The molecule has 0 saturated carbocycles. The van der Waals surface area contributed by atoms with E-state index in [1.807, 2.05) is 12.1 Å². The largest absolute Gasteiger partial charge is 0.313 e. The van der Waals surface area contributed by atoms with Crippen LogP contribution in [0.25, 0.3) is 0 Å². The average Bonchev–Trinajstić information content (AvgIpc) is 2.58. The van der Waals surface area contributed by atoms with Gasteiger partial charge in [-0.15, -0.1) is 0 Å². The zero-order valence-corrected chi connectivity index (χ0v) is 8.90. The Bertz CT molecular complexity index is 379. The zero-order valence-electron chi connectivity index (χ0n) is 8.90. The van der Waals surface area contributed by atoms with E-state index in [4.69, 9.17) is 11.0 Å². The number of rotatable bonds is 2. The summed E-state index contributed by atoms with van der Waals surface area (Å²) < 4.78 is 0. The summed E-state index contributed by atoms with van der Waals surface area (Å²) in [7, 11) is 0. The van der Waals surface area contributed by atoms with Crippen LogP contribution >= 0.6 is 0 Å². The van der Waals surface area contributed by atoms with E-state index < -0.39 is 5.54 Å². The molecule has 78 valence electrons. The SMILES string of the molecule is CC(N)(C#N)CN1Cc2ccccc2C1. The van der Waals surface area contributed by atoms with Crippen molar-refractivity contribution in [2.45, 2.75) is 25.6 Å². The van der Waals surface area contributed by atoms with E-state index in [0.29, 0.717) is 6.54 Å². The predicted molar refractivity (Wildman–Crippen MR) is 58.8 cm³/mol. The summed E-state index contributed by atoms with van der Waals surface area (Å²) in [5.74, 6) is 0. The van der Waals surface area contributed by atoms with Crippen molar-refractivity contribution in [3.63, 3.8) is 0 Å². The van der Waals surface area contributed by atoms with Crippen LogP contribution in [0, 0.1) is 11.3 Å². The maximum atomic E-state index is 8.87. The van der Waals surface area contributed by atoms with Crippen LogP contribution in [0.1, 0.15) is 18.1 Å². The number of nitrogens with zero attached hydrogens (tertiary/aromatic N) is 2. The van der Waals surface area contributed by atoms with E-state index in [1.165, 1.54) is 11.1 Å². The molecule has 0 radical (unpaired) electrons. The molecule has 1 aliphatic rings. The van der Waals surface area contributed by atoms with Crippen LogP contribution in [0.5, 0.6) is 0 Å². The van der Waals surface area contributed by atoms with Gasteiger partial charge in [-0.2, -0.15) is 5.26 Å². The number of hydrogen-bond acceptors (Lipinski definition) is 3. The van der Waals surface area contributed by atoms with Gasteiger partial charge in [0.25, 0.3) is 0 Å². The van der Waals surface area contributed by atoms with Crippen molar-refractivity contribution < 1.29 is 0 Å². The lowest BCUT2D eigenvalue weighted by Crippen LogP contribution is -2.45. The Morgan fingerprint density at radius 3 is 2.40 bits per heavy atom. The molecule has 0 aliphatic carbocycles. The molecule has 0 fully saturated rings. The fourth-order valence-corrected chi connectivity index (χ4v) is 2.02. The molecule has 1 aliphatic heterocycles. The van der Waals surface area contributed by atoms with Crippen molar-refractivity contribution in [1.29, 1.82) is 5.26 Å². The van der Waals surface area contributed by atoms with Gasteiger partial charge in [0.1, 0.15) is 5.54 Å². The third-order valence-corrected chi connectivity index (χ3v) is 2.71. The molecular weight excluding hydrogens is 186 g/mol. The quantitative estimate of drug-likeness (QED) is 0.783. The molecule has 2 N–H and O–H groups in total. The first kappa shape index (κ1) is 10.2. The van der Waals surface area contributed by atoms with Gasteiger partial charge in [0, 0.05) is 19.6 Å². The molecule has 2 rings (SSSR count). The van der Waals surface area contributed by atoms with Gasteiger partial charge in [-0.3, -0.25) is 4.90 Å².